The average molecular weight is 515 g/mol. The van der Waals surface area contributed by atoms with Crippen LogP contribution in [0.4, 0.5) is 0 Å². The van der Waals surface area contributed by atoms with Crippen molar-refractivity contribution in [3.63, 3.8) is 0 Å². The molecule has 0 atom stereocenters. The van der Waals surface area contributed by atoms with Crippen molar-refractivity contribution in [3.8, 4) is 0 Å². The van der Waals surface area contributed by atoms with E-state index in [1.165, 1.54) is 0 Å². The van der Waals surface area contributed by atoms with Gasteiger partial charge in [-0.2, -0.15) is 0 Å². The van der Waals surface area contributed by atoms with E-state index in [2.05, 4.69) is 36.6 Å². The smallest absolute Gasteiger partial charge is 0.250 e. The quantitative estimate of drug-likeness (QED) is 0.219. The van der Waals surface area contributed by atoms with Gasteiger partial charge in [-0.15, -0.1) is 24.0 Å². The Balaban J connectivity index is 0.00000420. The average Bonchev–Trinajstić information content (AvgIpc) is 3.09. The predicted molar refractivity (Wildman–Crippen MR) is 128 cm³/mol. The molecule has 2 N–H and O–H groups in total. The Kier molecular flexibility index (Phi) is 11.6. The van der Waals surface area contributed by atoms with Crippen molar-refractivity contribution in [1.29, 1.82) is 0 Å². The molecule has 0 spiro atoms. The molecule has 0 unspecified atom stereocenters. The Morgan fingerprint density at radius 2 is 1.97 bits per heavy atom. The molecular formula is C21H34IN5O2. The number of halogens is 1. The summed E-state index contributed by atoms with van der Waals surface area (Å²) in [6, 6.07) is 5.38. The number of aromatic nitrogens is 2. The Morgan fingerprint density at radius 3 is 2.62 bits per heavy atom. The van der Waals surface area contributed by atoms with Crippen LogP contribution in [0.5, 0.6) is 0 Å². The molecule has 29 heavy (non-hydrogen) atoms. The first kappa shape index (κ1) is 25.2. The van der Waals surface area contributed by atoms with E-state index in [0.717, 1.165) is 74.0 Å². The lowest BCUT2D eigenvalue weighted by atomic mass is 10.1. The minimum Gasteiger partial charge on any atom is -0.361 e. The first-order valence-electron chi connectivity index (χ1n) is 10.3. The first-order valence-corrected chi connectivity index (χ1v) is 10.3. The molecule has 0 saturated carbocycles. The molecule has 8 heteroatoms. The number of hydrogen-bond donors (Lipinski definition) is 2. The lowest BCUT2D eigenvalue weighted by Gasteiger charge is -2.12. The minimum atomic E-state index is 0. The van der Waals surface area contributed by atoms with Crippen LogP contribution < -0.4 is 16.2 Å². The molecule has 0 aliphatic rings. The van der Waals surface area contributed by atoms with E-state index in [9.17, 15) is 4.79 Å². The Bertz CT molecular complexity index is 807. The molecule has 2 rings (SSSR count). The Morgan fingerprint density at radius 1 is 1.17 bits per heavy atom. The molecule has 0 radical (unpaired) electrons. The van der Waals surface area contributed by atoms with Gasteiger partial charge in [0.2, 0.25) is 0 Å². The van der Waals surface area contributed by atoms with Crippen molar-refractivity contribution in [2.45, 2.75) is 66.5 Å². The maximum Gasteiger partial charge on any atom is 0.250 e. The van der Waals surface area contributed by atoms with E-state index in [1.54, 1.807) is 12.1 Å². The van der Waals surface area contributed by atoms with Gasteiger partial charge in [-0.3, -0.25) is 4.79 Å². The number of aliphatic imine (C=N–C) groups is 1. The summed E-state index contributed by atoms with van der Waals surface area (Å²) in [4.78, 5) is 16.6. The third kappa shape index (κ3) is 7.49. The Labute approximate surface area is 190 Å². The summed E-state index contributed by atoms with van der Waals surface area (Å²) in [6.45, 7) is 11.1. The van der Waals surface area contributed by atoms with Crippen LogP contribution in [0.3, 0.4) is 0 Å². The van der Waals surface area contributed by atoms with Crippen molar-refractivity contribution >= 4 is 29.9 Å². The second-order valence-electron chi connectivity index (χ2n) is 6.72. The molecule has 2 heterocycles. The Hall–Kier alpha value is -1.84. The standard InChI is InChI=1S/C21H33N5O2.HI/c1-5-18-17(19(6-2)28-25-18)15-24-21(22-7-3)23-13-8-9-14-26-16(4)11-10-12-20(26)27;/h10-12H,5-9,13-15H2,1-4H3,(H2,22,23,24);1H. The van der Waals surface area contributed by atoms with Gasteiger partial charge in [-0.1, -0.05) is 25.1 Å². The largest absolute Gasteiger partial charge is 0.361 e. The predicted octanol–water partition coefficient (Wildman–Crippen LogP) is 3.42. The highest BCUT2D eigenvalue weighted by atomic mass is 127. The normalized spacial score (nSPS) is 11.2. The summed E-state index contributed by atoms with van der Waals surface area (Å²) in [5, 5.41) is 10.8. The van der Waals surface area contributed by atoms with Gasteiger partial charge in [0.25, 0.3) is 5.56 Å². The van der Waals surface area contributed by atoms with E-state index >= 15 is 0 Å². The lowest BCUT2D eigenvalue weighted by Crippen LogP contribution is -2.37. The number of unbranched alkanes of at least 4 members (excludes halogenated alkanes) is 1. The third-order valence-electron chi connectivity index (χ3n) is 4.72. The molecule has 2 aromatic heterocycles. The highest BCUT2D eigenvalue weighted by molar-refractivity contribution is 14.0. The fourth-order valence-electron chi connectivity index (χ4n) is 3.13. The van der Waals surface area contributed by atoms with E-state index in [4.69, 9.17) is 9.52 Å². The van der Waals surface area contributed by atoms with E-state index in [0.29, 0.717) is 6.54 Å². The van der Waals surface area contributed by atoms with E-state index < -0.39 is 0 Å². The molecule has 0 aliphatic carbocycles. The molecule has 0 aliphatic heterocycles. The van der Waals surface area contributed by atoms with Crippen LogP contribution in [0.1, 0.15) is 56.3 Å². The molecule has 0 amide bonds. The van der Waals surface area contributed by atoms with Crippen molar-refractivity contribution in [2.24, 2.45) is 4.99 Å². The second-order valence-corrected chi connectivity index (χ2v) is 6.72. The lowest BCUT2D eigenvalue weighted by molar-refractivity contribution is 0.380. The SMILES string of the molecule is CCNC(=NCc1c(CC)noc1CC)NCCCCn1c(C)cccc1=O.I. The molecule has 0 saturated heterocycles. The van der Waals surface area contributed by atoms with Crippen LogP contribution in [-0.4, -0.2) is 28.8 Å². The zero-order chi connectivity index (χ0) is 20.4. The molecule has 0 aromatic carbocycles. The summed E-state index contributed by atoms with van der Waals surface area (Å²) < 4.78 is 7.24. The summed E-state index contributed by atoms with van der Waals surface area (Å²) in [6.07, 6.45) is 3.55. The minimum absolute atomic E-state index is 0. The van der Waals surface area contributed by atoms with Crippen molar-refractivity contribution in [3.05, 3.63) is 51.3 Å². The summed E-state index contributed by atoms with van der Waals surface area (Å²) in [5.74, 6) is 1.71. The van der Waals surface area contributed by atoms with Gasteiger partial charge in [-0.25, -0.2) is 4.99 Å². The zero-order valence-corrected chi connectivity index (χ0v) is 20.3. The fraction of sp³-hybridized carbons (Fsp3) is 0.571. The van der Waals surface area contributed by atoms with Crippen LogP contribution in [0.2, 0.25) is 0 Å². The van der Waals surface area contributed by atoms with Gasteiger partial charge < -0.3 is 19.7 Å². The summed E-state index contributed by atoms with van der Waals surface area (Å²) >= 11 is 0. The number of nitrogens with zero attached hydrogens (tertiary/aromatic N) is 3. The number of aryl methyl sites for hydroxylation is 3. The molecule has 7 nitrogen and oxygen atoms in total. The second kappa shape index (κ2) is 13.4. The van der Waals surface area contributed by atoms with Crippen molar-refractivity contribution in [2.75, 3.05) is 13.1 Å². The molecule has 162 valence electrons. The van der Waals surface area contributed by atoms with Crippen LogP contribution >= 0.6 is 24.0 Å². The monoisotopic (exact) mass is 515 g/mol. The number of pyridine rings is 1. The first-order chi connectivity index (χ1) is 13.6. The number of hydrogen-bond acceptors (Lipinski definition) is 4. The van der Waals surface area contributed by atoms with Gasteiger partial charge in [0.15, 0.2) is 5.96 Å². The van der Waals surface area contributed by atoms with Gasteiger partial charge in [0.1, 0.15) is 5.76 Å². The van der Waals surface area contributed by atoms with Crippen LogP contribution in [0, 0.1) is 6.92 Å². The van der Waals surface area contributed by atoms with Gasteiger partial charge >= 0.3 is 0 Å². The summed E-state index contributed by atoms with van der Waals surface area (Å²) in [5.41, 5.74) is 3.15. The highest BCUT2D eigenvalue weighted by Crippen LogP contribution is 2.16. The van der Waals surface area contributed by atoms with Crippen molar-refractivity contribution in [1.82, 2.24) is 20.4 Å². The maximum atomic E-state index is 11.9. The van der Waals surface area contributed by atoms with Gasteiger partial charge in [0, 0.05) is 43.4 Å². The van der Waals surface area contributed by atoms with Gasteiger partial charge in [-0.05, 0) is 39.2 Å². The van der Waals surface area contributed by atoms with E-state index in [-0.39, 0.29) is 29.5 Å². The van der Waals surface area contributed by atoms with Gasteiger partial charge in [0.05, 0.1) is 12.2 Å². The topological polar surface area (TPSA) is 84.4 Å². The molecule has 0 bridgehead atoms. The number of rotatable bonds is 10. The maximum absolute atomic E-state index is 11.9. The van der Waals surface area contributed by atoms with E-state index in [1.807, 2.05) is 17.6 Å². The van der Waals surface area contributed by atoms with Crippen molar-refractivity contribution < 1.29 is 4.52 Å². The van der Waals surface area contributed by atoms with Crippen LogP contribution in [0.15, 0.2) is 32.5 Å². The molecule has 2 aromatic rings. The number of nitrogens with one attached hydrogen (secondary N) is 2. The highest BCUT2D eigenvalue weighted by Gasteiger charge is 2.13. The van der Waals surface area contributed by atoms with Crippen LogP contribution in [0.25, 0.3) is 0 Å². The molecular weight excluding hydrogens is 481 g/mol. The third-order valence-corrected chi connectivity index (χ3v) is 4.72. The molecule has 0 fully saturated rings. The fourth-order valence-corrected chi connectivity index (χ4v) is 3.13. The number of guanidine groups is 1. The zero-order valence-electron chi connectivity index (χ0n) is 18.0. The summed E-state index contributed by atoms with van der Waals surface area (Å²) in [7, 11) is 0. The van der Waals surface area contributed by atoms with Crippen LogP contribution in [-0.2, 0) is 25.9 Å².